The molecular weight excluding hydrogens is 440 g/mol. The van der Waals surface area contributed by atoms with E-state index in [0.29, 0.717) is 43.4 Å². The number of hydrogen-bond donors (Lipinski definition) is 1. The van der Waals surface area contributed by atoms with E-state index in [0.717, 1.165) is 17.5 Å². The van der Waals surface area contributed by atoms with E-state index in [2.05, 4.69) is 37.4 Å². The first-order valence-electron chi connectivity index (χ1n) is 12.4. The minimum absolute atomic E-state index is 0.162. The van der Waals surface area contributed by atoms with Gasteiger partial charge in [0.15, 0.2) is 6.10 Å². The van der Waals surface area contributed by atoms with Gasteiger partial charge in [-0.1, -0.05) is 57.2 Å². The highest BCUT2D eigenvalue weighted by Crippen LogP contribution is 2.38. The molecule has 2 aromatic carbocycles. The van der Waals surface area contributed by atoms with Gasteiger partial charge in [-0.25, -0.2) is 0 Å². The number of rotatable bonds is 9. The Bertz CT molecular complexity index is 1120. The van der Waals surface area contributed by atoms with Crippen LogP contribution in [-0.4, -0.2) is 29.4 Å². The van der Waals surface area contributed by atoms with Gasteiger partial charge >= 0.3 is 0 Å². The predicted octanol–water partition coefficient (Wildman–Crippen LogP) is 5.27. The second kappa shape index (κ2) is 11.3. The standard InChI is InChI=1S/C29H34N2O4/c1-4-26(29(33)30-19-24-11-8-16-34-24)35-23-13-12-21-14-15-31(27(32)17-20(2)3)28(25(21)18-23)22-9-6-5-7-10-22/h5-13,16,18,20,26,28H,4,14-15,17,19H2,1-3H3,(H,30,33). The van der Waals surface area contributed by atoms with Gasteiger partial charge in [-0.05, 0) is 59.7 Å². The molecule has 184 valence electrons. The molecule has 1 N–H and O–H groups in total. The molecule has 6 nitrogen and oxygen atoms in total. The van der Waals surface area contributed by atoms with Crippen molar-refractivity contribution in [1.82, 2.24) is 10.2 Å². The maximum absolute atomic E-state index is 13.2. The van der Waals surface area contributed by atoms with Crippen LogP contribution >= 0.6 is 0 Å². The number of furan rings is 1. The third-order valence-electron chi connectivity index (χ3n) is 6.32. The summed E-state index contributed by atoms with van der Waals surface area (Å²) < 4.78 is 11.5. The van der Waals surface area contributed by atoms with Crippen molar-refractivity contribution in [3.63, 3.8) is 0 Å². The van der Waals surface area contributed by atoms with Gasteiger partial charge in [-0.15, -0.1) is 0 Å². The Hall–Kier alpha value is -3.54. The van der Waals surface area contributed by atoms with Crippen molar-refractivity contribution >= 4 is 11.8 Å². The summed E-state index contributed by atoms with van der Waals surface area (Å²) in [7, 11) is 0. The monoisotopic (exact) mass is 474 g/mol. The molecule has 6 heteroatoms. The van der Waals surface area contributed by atoms with Crippen LogP contribution in [-0.2, 0) is 22.6 Å². The van der Waals surface area contributed by atoms with Gasteiger partial charge in [0, 0.05) is 13.0 Å². The first-order valence-corrected chi connectivity index (χ1v) is 12.4. The summed E-state index contributed by atoms with van der Waals surface area (Å²) in [6, 6.07) is 19.6. The predicted molar refractivity (Wildman–Crippen MR) is 135 cm³/mol. The maximum atomic E-state index is 13.2. The first kappa shape index (κ1) is 24.6. The highest BCUT2D eigenvalue weighted by Gasteiger charge is 2.32. The molecule has 0 aliphatic carbocycles. The summed E-state index contributed by atoms with van der Waals surface area (Å²) in [6.45, 7) is 7.07. The zero-order valence-electron chi connectivity index (χ0n) is 20.7. The molecule has 0 saturated carbocycles. The molecule has 1 aromatic heterocycles. The fraction of sp³-hybridized carbons (Fsp3) is 0.379. The fourth-order valence-corrected chi connectivity index (χ4v) is 4.58. The number of carbonyl (C=O) groups excluding carboxylic acids is 2. The summed E-state index contributed by atoms with van der Waals surface area (Å²) >= 11 is 0. The third kappa shape index (κ3) is 5.94. The highest BCUT2D eigenvalue weighted by atomic mass is 16.5. The van der Waals surface area contributed by atoms with E-state index in [1.807, 2.05) is 48.2 Å². The van der Waals surface area contributed by atoms with Gasteiger partial charge in [0.2, 0.25) is 5.91 Å². The SMILES string of the molecule is CCC(Oc1ccc2c(c1)C(c1ccccc1)N(C(=O)CC(C)C)CC2)C(=O)NCc1ccco1. The van der Waals surface area contributed by atoms with Gasteiger partial charge < -0.3 is 19.4 Å². The second-order valence-corrected chi connectivity index (χ2v) is 9.42. The molecule has 2 unspecified atom stereocenters. The molecule has 35 heavy (non-hydrogen) atoms. The lowest BCUT2D eigenvalue weighted by molar-refractivity contribution is -0.134. The number of amides is 2. The molecule has 0 spiro atoms. The van der Waals surface area contributed by atoms with Crippen LogP contribution in [0.1, 0.15) is 62.1 Å². The van der Waals surface area contributed by atoms with E-state index in [9.17, 15) is 9.59 Å². The fourth-order valence-electron chi connectivity index (χ4n) is 4.58. The van der Waals surface area contributed by atoms with Crippen molar-refractivity contribution in [3.8, 4) is 5.75 Å². The number of hydrogen-bond acceptors (Lipinski definition) is 4. The van der Waals surface area contributed by atoms with Crippen molar-refractivity contribution in [1.29, 1.82) is 0 Å². The van der Waals surface area contributed by atoms with E-state index in [-0.39, 0.29) is 17.9 Å². The Labute approximate surface area is 207 Å². The number of benzene rings is 2. The number of ether oxygens (including phenoxy) is 1. The van der Waals surface area contributed by atoms with Gasteiger partial charge in [-0.3, -0.25) is 9.59 Å². The molecule has 0 fully saturated rings. The molecule has 1 aliphatic rings. The van der Waals surface area contributed by atoms with Crippen LogP contribution in [0.5, 0.6) is 5.75 Å². The summed E-state index contributed by atoms with van der Waals surface area (Å²) in [5.74, 6) is 1.59. The third-order valence-corrected chi connectivity index (χ3v) is 6.32. The van der Waals surface area contributed by atoms with Gasteiger partial charge in [0.1, 0.15) is 11.5 Å². The van der Waals surface area contributed by atoms with Crippen LogP contribution in [0.2, 0.25) is 0 Å². The lowest BCUT2D eigenvalue weighted by atomic mass is 9.87. The lowest BCUT2D eigenvalue weighted by Crippen LogP contribution is -2.41. The smallest absolute Gasteiger partial charge is 0.261 e. The molecule has 1 aliphatic heterocycles. The number of fused-ring (bicyclic) bond motifs is 1. The topological polar surface area (TPSA) is 71.8 Å². The van der Waals surface area contributed by atoms with E-state index in [1.54, 1.807) is 12.3 Å². The Morgan fingerprint density at radius 2 is 1.91 bits per heavy atom. The molecule has 3 aromatic rings. The quantitative estimate of drug-likeness (QED) is 0.458. The summed E-state index contributed by atoms with van der Waals surface area (Å²) in [5, 5.41) is 2.88. The minimum atomic E-state index is -0.625. The van der Waals surface area contributed by atoms with Gasteiger partial charge in [0.25, 0.3) is 5.91 Å². The summed E-state index contributed by atoms with van der Waals surface area (Å²) in [6.07, 6.45) is 2.80. The first-order chi connectivity index (χ1) is 17.0. The normalized spacial score (nSPS) is 16.0. The van der Waals surface area contributed by atoms with E-state index >= 15 is 0 Å². The maximum Gasteiger partial charge on any atom is 0.261 e. The minimum Gasteiger partial charge on any atom is -0.481 e. The molecule has 2 atom stereocenters. The molecule has 4 rings (SSSR count). The van der Waals surface area contributed by atoms with Crippen molar-refractivity contribution in [2.45, 2.75) is 58.7 Å². The van der Waals surface area contributed by atoms with Crippen molar-refractivity contribution in [2.24, 2.45) is 5.92 Å². The molecule has 0 saturated heterocycles. The average Bonchev–Trinajstić information content (AvgIpc) is 3.39. The van der Waals surface area contributed by atoms with Crippen LogP contribution in [0, 0.1) is 5.92 Å². The zero-order chi connectivity index (χ0) is 24.8. The van der Waals surface area contributed by atoms with Gasteiger partial charge in [-0.2, -0.15) is 0 Å². The van der Waals surface area contributed by atoms with Crippen molar-refractivity contribution in [3.05, 3.63) is 89.4 Å². The Morgan fingerprint density at radius 1 is 1.11 bits per heavy atom. The molecule has 0 bridgehead atoms. The zero-order valence-corrected chi connectivity index (χ0v) is 20.7. The molecule has 0 radical (unpaired) electrons. The molecule has 2 amide bonds. The largest absolute Gasteiger partial charge is 0.481 e. The lowest BCUT2D eigenvalue weighted by Gasteiger charge is -2.38. The summed E-state index contributed by atoms with van der Waals surface area (Å²) in [4.78, 5) is 28.0. The van der Waals surface area contributed by atoms with E-state index in [1.165, 1.54) is 5.56 Å². The highest BCUT2D eigenvalue weighted by molar-refractivity contribution is 5.81. The van der Waals surface area contributed by atoms with Crippen LogP contribution in [0.4, 0.5) is 0 Å². The Kier molecular flexibility index (Phi) is 7.91. The van der Waals surface area contributed by atoms with Crippen molar-refractivity contribution in [2.75, 3.05) is 6.54 Å². The second-order valence-electron chi connectivity index (χ2n) is 9.42. The van der Waals surface area contributed by atoms with Crippen LogP contribution in [0.3, 0.4) is 0 Å². The van der Waals surface area contributed by atoms with Crippen molar-refractivity contribution < 1.29 is 18.7 Å². The molecular formula is C29H34N2O4. The molecule has 2 heterocycles. The Morgan fingerprint density at radius 3 is 2.60 bits per heavy atom. The number of nitrogens with zero attached hydrogens (tertiary/aromatic N) is 1. The van der Waals surface area contributed by atoms with Gasteiger partial charge in [0.05, 0.1) is 18.8 Å². The van der Waals surface area contributed by atoms with Crippen LogP contribution < -0.4 is 10.1 Å². The van der Waals surface area contributed by atoms with E-state index in [4.69, 9.17) is 9.15 Å². The van der Waals surface area contributed by atoms with Crippen LogP contribution in [0.15, 0.2) is 71.3 Å². The summed E-state index contributed by atoms with van der Waals surface area (Å²) in [5.41, 5.74) is 3.34. The number of nitrogens with one attached hydrogen (secondary N) is 1. The van der Waals surface area contributed by atoms with Crippen LogP contribution in [0.25, 0.3) is 0 Å². The number of carbonyl (C=O) groups is 2. The Balaban J connectivity index is 1.58. The van der Waals surface area contributed by atoms with E-state index < -0.39 is 6.10 Å². The average molecular weight is 475 g/mol.